The fourth-order valence-electron chi connectivity index (χ4n) is 2.16. The van der Waals surface area contributed by atoms with E-state index in [0.29, 0.717) is 30.7 Å². The molecule has 5 nitrogen and oxygen atoms in total. The van der Waals surface area contributed by atoms with Gasteiger partial charge in [-0.1, -0.05) is 30.3 Å². The highest BCUT2D eigenvalue weighted by Gasteiger charge is 2.25. The van der Waals surface area contributed by atoms with Gasteiger partial charge >= 0.3 is 0 Å². The average molecular weight is 286 g/mol. The van der Waals surface area contributed by atoms with E-state index in [9.17, 15) is 0 Å². The van der Waals surface area contributed by atoms with Crippen LogP contribution in [0.5, 0.6) is 5.88 Å². The fourth-order valence-corrected chi connectivity index (χ4v) is 2.16. The quantitative estimate of drug-likeness (QED) is 0.853. The SMILES string of the molecule is CCOc1cc(NC(C)(CN)c2ccccc2)nc(C)n1. The summed E-state index contributed by atoms with van der Waals surface area (Å²) in [6, 6.07) is 11.9. The van der Waals surface area contributed by atoms with E-state index in [1.54, 1.807) is 6.07 Å². The van der Waals surface area contributed by atoms with Gasteiger partial charge in [-0.05, 0) is 26.3 Å². The highest BCUT2D eigenvalue weighted by atomic mass is 16.5. The van der Waals surface area contributed by atoms with E-state index >= 15 is 0 Å². The highest BCUT2D eigenvalue weighted by Crippen LogP contribution is 2.25. The Bertz CT molecular complexity index is 588. The third-order valence-electron chi connectivity index (χ3n) is 3.33. The minimum Gasteiger partial charge on any atom is -0.478 e. The maximum absolute atomic E-state index is 5.98. The van der Waals surface area contributed by atoms with E-state index < -0.39 is 5.54 Å². The molecular weight excluding hydrogens is 264 g/mol. The van der Waals surface area contributed by atoms with Crippen molar-refractivity contribution in [2.45, 2.75) is 26.3 Å². The van der Waals surface area contributed by atoms with Gasteiger partial charge in [0.1, 0.15) is 11.6 Å². The van der Waals surface area contributed by atoms with Gasteiger partial charge in [-0.3, -0.25) is 0 Å². The standard InChI is InChI=1S/C16H22N4O/c1-4-21-15-10-14(18-12(2)19-15)20-16(3,11-17)13-8-6-5-7-9-13/h5-10H,4,11,17H2,1-3H3,(H,18,19,20). The highest BCUT2D eigenvalue weighted by molar-refractivity contribution is 5.44. The normalized spacial score (nSPS) is 13.5. The number of benzene rings is 1. The van der Waals surface area contributed by atoms with Crippen LogP contribution in [0.2, 0.25) is 0 Å². The van der Waals surface area contributed by atoms with Gasteiger partial charge in [0.05, 0.1) is 12.1 Å². The second-order valence-corrected chi connectivity index (χ2v) is 5.10. The molecule has 0 aliphatic carbocycles. The minimum atomic E-state index is -0.397. The van der Waals surface area contributed by atoms with E-state index in [0.717, 1.165) is 5.56 Å². The van der Waals surface area contributed by atoms with Crippen LogP contribution >= 0.6 is 0 Å². The third kappa shape index (κ3) is 3.70. The summed E-state index contributed by atoms with van der Waals surface area (Å²) in [6.45, 7) is 6.85. The van der Waals surface area contributed by atoms with Crippen molar-refractivity contribution in [1.29, 1.82) is 0 Å². The Morgan fingerprint density at radius 2 is 1.95 bits per heavy atom. The summed E-state index contributed by atoms with van der Waals surface area (Å²) in [7, 11) is 0. The van der Waals surface area contributed by atoms with Crippen molar-refractivity contribution in [3.63, 3.8) is 0 Å². The molecule has 5 heteroatoms. The first-order valence-corrected chi connectivity index (χ1v) is 7.09. The lowest BCUT2D eigenvalue weighted by atomic mass is 9.92. The maximum Gasteiger partial charge on any atom is 0.218 e. The summed E-state index contributed by atoms with van der Waals surface area (Å²) in [5.74, 6) is 1.94. The molecule has 0 aliphatic heterocycles. The smallest absolute Gasteiger partial charge is 0.218 e. The molecule has 3 N–H and O–H groups in total. The first kappa shape index (κ1) is 15.3. The molecule has 21 heavy (non-hydrogen) atoms. The lowest BCUT2D eigenvalue weighted by Gasteiger charge is -2.30. The Kier molecular flexibility index (Phi) is 4.75. The van der Waals surface area contributed by atoms with Crippen molar-refractivity contribution in [3.8, 4) is 5.88 Å². The zero-order valence-corrected chi connectivity index (χ0v) is 12.8. The van der Waals surface area contributed by atoms with Crippen LogP contribution in [0, 0.1) is 6.92 Å². The second-order valence-electron chi connectivity index (χ2n) is 5.10. The lowest BCUT2D eigenvalue weighted by Crippen LogP contribution is -2.40. The topological polar surface area (TPSA) is 73.1 Å². The third-order valence-corrected chi connectivity index (χ3v) is 3.33. The Balaban J connectivity index is 2.30. The summed E-state index contributed by atoms with van der Waals surface area (Å²) < 4.78 is 5.46. The van der Waals surface area contributed by atoms with Crippen LogP contribution in [-0.2, 0) is 5.54 Å². The average Bonchev–Trinajstić information content (AvgIpc) is 2.48. The van der Waals surface area contributed by atoms with Gasteiger partial charge in [-0.15, -0.1) is 0 Å². The van der Waals surface area contributed by atoms with Crippen LogP contribution in [-0.4, -0.2) is 23.1 Å². The van der Waals surface area contributed by atoms with E-state index in [-0.39, 0.29) is 0 Å². The minimum absolute atomic E-state index is 0.397. The Morgan fingerprint density at radius 1 is 1.24 bits per heavy atom. The number of aromatic nitrogens is 2. The molecule has 112 valence electrons. The van der Waals surface area contributed by atoms with Crippen LogP contribution in [0.3, 0.4) is 0 Å². The zero-order valence-electron chi connectivity index (χ0n) is 12.8. The fraction of sp³-hybridized carbons (Fsp3) is 0.375. The molecule has 0 amide bonds. The molecule has 0 radical (unpaired) electrons. The van der Waals surface area contributed by atoms with Crippen LogP contribution in [0.15, 0.2) is 36.4 Å². The summed E-state index contributed by atoms with van der Waals surface area (Å²) >= 11 is 0. The monoisotopic (exact) mass is 286 g/mol. The predicted octanol–water partition coefficient (Wildman–Crippen LogP) is 2.47. The molecule has 1 aromatic heterocycles. The van der Waals surface area contributed by atoms with Crippen molar-refractivity contribution in [1.82, 2.24) is 9.97 Å². The van der Waals surface area contributed by atoms with Gasteiger partial charge in [-0.25, -0.2) is 4.98 Å². The Morgan fingerprint density at radius 3 is 2.57 bits per heavy atom. The number of aryl methyl sites for hydroxylation is 1. The number of nitrogens with one attached hydrogen (secondary N) is 1. The largest absolute Gasteiger partial charge is 0.478 e. The maximum atomic E-state index is 5.98. The number of rotatable bonds is 6. The van der Waals surface area contributed by atoms with Gasteiger partial charge in [-0.2, -0.15) is 4.98 Å². The molecule has 1 unspecified atom stereocenters. The van der Waals surface area contributed by atoms with Crippen LogP contribution in [0.25, 0.3) is 0 Å². The van der Waals surface area contributed by atoms with E-state index in [2.05, 4.69) is 34.3 Å². The molecule has 1 heterocycles. The summed E-state index contributed by atoms with van der Waals surface area (Å²) in [6.07, 6.45) is 0. The number of hydrogen-bond acceptors (Lipinski definition) is 5. The number of ether oxygens (including phenoxy) is 1. The number of anilines is 1. The summed E-state index contributed by atoms with van der Waals surface area (Å²) in [4.78, 5) is 8.66. The van der Waals surface area contributed by atoms with E-state index in [1.165, 1.54) is 0 Å². The molecule has 0 aliphatic rings. The molecule has 0 bridgehead atoms. The van der Waals surface area contributed by atoms with Crippen molar-refractivity contribution in [2.24, 2.45) is 5.73 Å². The van der Waals surface area contributed by atoms with Crippen LogP contribution in [0.4, 0.5) is 5.82 Å². The molecule has 0 saturated heterocycles. The molecule has 2 aromatic rings. The zero-order chi connectivity index (χ0) is 15.3. The van der Waals surface area contributed by atoms with Gasteiger partial charge < -0.3 is 15.8 Å². The molecule has 2 rings (SSSR count). The number of nitrogens with zero attached hydrogens (tertiary/aromatic N) is 2. The van der Waals surface area contributed by atoms with Crippen molar-refractivity contribution in [2.75, 3.05) is 18.5 Å². The Labute approximate surface area is 125 Å². The number of hydrogen-bond donors (Lipinski definition) is 2. The number of nitrogens with two attached hydrogens (primary N) is 1. The Hall–Kier alpha value is -2.14. The second kappa shape index (κ2) is 6.54. The molecule has 0 spiro atoms. The first-order valence-electron chi connectivity index (χ1n) is 7.09. The van der Waals surface area contributed by atoms with E-state index in [4.69, 9.17) is 10.5 Å². The molecule has 1 aromatic carbocycles. The molecule has 0 fully saturated rings. The summed E-state index contributed by atoms with van der Waals surface area (Å²) in [5, 5.41) is 3.40. The van der Waals surface area contributed by atoms with Crippen LogP contribution < -0.4 is 15.8 Å². The molecular formula is C16H22N4O. The van der Waals surface area contributed by atoms with Crippen molar-refractivity contribution < 1.29 is 4.74 Å². The first-order chi connectivity index (χ1) is 10.1. The molecule has 0 saturated carbocycles. The van der Waals surface area contributed by atoms with Crippen molar-refractivity contribution >= 4 is 5.82 Å². The van der Waals surface area contributed by atoms with E-state index in [1.807, 2.05) is 32.0 Å². The predicted molar refractivity (Wildman–Crippen MR) is 84.4 cm³/mol. The van der Waals surface area contributed by atoms with Gasteiger partial charge in [0.2, 0.25) is 5.88 Å². The van der Waals surface area contributed by atoms with Gasteiger partial charge in [0.15, 0.2) is 0 Å². The molecule has 1 atom stereocenters. The lowest BCUT2D eigenvalue weighted by molar-refractivity contribution is 0.325. The van der Waals surface area contributed by atoms with Crippen LogP contribution in [0.1, 0.15) is 25.2 Å². The van der Waals surface area contributed by atoms with Gasteiger partial charge in [0, 0.05) is 12.6 Å². The van der Waals surface area contributed by atoms with Gasteiger partial charge in [0.25, 0.3) is 0 Å². The van der Waals surface area contributed by atoms with Crippen molar-refractivity contribution in [3.05, 3.63) is 47.8 Å². The summed E-state index contributed by atoms with van der Waals surface area (Å²) in [5.41, 5.74) is 6.70.